The van der Waals surface area contributed by atoms with Gasteiger partial charge in [0.1, 0.15) is 12.2 Å². The summed E-state index contributed by atoms with van der Waals surface area (Å²) in [5.41, 5.74) is 13.2. The van der Waals surface area contributed by atoms with Gasteiger partial charge in [-0.15, -0.1) is 0 Å². The van der Waals surface area contributed by atoms with Crippen molar-refractivity contribution in [1.29, 1.82) is 0 Å². The Morgan fingerprint density at radius 2 is 2.18 bits per heavy atom. The summed E-state index contributed by atoms with van der Waals surface area (Å²) in [6.45, 7) is 0.725. The number of hydrogen-bond acceptors (Lipinski definition) is 4. The number of primary amides is 1. The minimum atomic E-state index is -0.502. The Balaban J connectivity index is 2.37. The number of fused-ring (bicyclic) bond motifs is 1. The quantitative estimate of drug-likeness (QED) is 0.790. The summed E-state index contributed by atoms with van der Waals surface area (Å²) in [4.78, 5) is 15.7. The van der Waals surface area contributed by atoms with Crippen LogP contribution in [0.5, 0.6) is 5.88 Å². The first-order valence-corrected chi connectivity index (χ1v) is 5.88. The van der Waals surface area contributed by atoms with E-state index in [1.165, 1.54) is 0 Å². The highest BCUT2D eigenvalue weighted by Gasteiger charge is 2.18. The van der Waals surface area contributed by atoms with Crippen LogP contribution in [0, 0.1) is 0 Å². The third-order valence-electron chi connectivity index (χ3n) is 2.89. The van der Waals surface area contributed by atoms with Crippen molar-refractivity contribution in [1.82, 2.24) is 4.98 Å². The molecule has 5 nitrogen and oxygen atoms in total. The average Bonchev–Trinajstić information content (AvgIpc) is 2.35. The lowest BCUT2D eigenvalue weighted by atomic mass is 9.95. The zero-order valence-corrected chi connectivity index (χ0v) is 9.74. The number of pyridine rings is 1. The number of nitrogens with two attached hydrogens (primary N) is 2. The summed E-state index contributed by atoms with van der Waals surface area (Å²) in [6, 6.07) is 1.82. The Hall–Kier alpha value is -1.62. The van der Waals surface area contributed by atoms with E-state index in [1.807, 2.05) is 6.07 Å². The molecular weight excluding hydrogens is 218 g/mol. The fraction of sp³-hybridized carbons (Fsp3) is 0.500. The molecule has 0 radical (unpaired) electrons. The van der Waals surface area contributed by atoms with Gasteiger partial charge in [0.2, 0.25) is 5.88 Å². The number of aromatic nitrogens is 1. The van der Waals surface area contributed by atoms with Crippen LogP contribution in [0.15, 0.2) is 6.07 Å². The van der Waals surface area contributed by atoms with Gasteiger partial charge in [0.25, 0.3) is 5.91 Å². The van der Waals surface area contributed by atoms with E-state index in [0.717, 1.165) is 36.9 Å². The summed E-state index contributed by atoms with van der Waals surface area (Å²) in [5.74, 6) is -0.179. The Labute approximate surface area is 100 Å². The second kappa shape index (κ2) is 5.14. The first-order valence-electron chi connectivity index (χ1n) is 5.88. The number of rotatable bonds is 4. The normalized spacial score (nSPS) is 14.2. The number of amides is 1. The Morgan fingerprint density at radius 3 is 2.88 bits per heavy atom. The van der Waals surface area contributed by atoms with Gasteiger partial charge in [0.05, 0.1) is 0 Å². The number of nitrogens with zero attached hydrogens (tertiary/aromatic N) is 1. The molecule has 0 saturated carbocycles. The monoisotopic (exact) mass is 235 g/mol. The maximum atomic E-state index is 11.3. The zero-order valence-electron chi connectivity index (χ0n) is 9.74. The van der Waals surface area contributed by atoms with Crippen molar-refractivity contribution in [2.24, 2.45) is 11.5 Å². The summed E-state index contributed by atoms with van der Waals surface area (Å²) in [5, 5.41) is 0. The number of aryl methyl sites for hydroxylation is 2. The van der Waals surface area contributed by atoms with Crippen LogP contribution in [0.2, 0.25) is 0 Å². The molecule has 4 N–H and O–H groups in total. The van der Waals surface area contributed by atoms with Gasteiger partial charge in [0, 0.05) is 12.2 Å². The van der Waals surface area contributed by atoms with Gasteiger partial charge in [-0.25, -0.2) is 4.98 Å². The van der Waals surface area contributed by atoms with E-state index in [2.05, 4.69) is 4.98 Å². The number of hydrogen-bond donors (Lipinski definition) is 2. The maximum absolute atomic E-state index is 11.3. The topological polar surface area (TPSA) is 91.2 Å². The molecule has 1 heterocycles. The van der Waals surface area contributed by atoms with E-state index >= 15 is 0 Å². The molecule has 92 valence electrons. The Bertz CT molecular complexity index is 432. The maximum Gasteiger partial charge on any atom is 0.254 e. The third-order valence-corrected chi connectivity index (χ3v) is 2.89. The minimum Gasteiger partial charge on any atom is -0.476 e. The molecule has 0 aromatic carbocycles. The second-order valence-corrected chi connectivity index (χ2v) is 4.16. The van der Waals surface area contributed by atoms with Crippen molar-refractivity contribution in [3.05, 3.63) is 22.9 Å². The van der Waals surface area contributed by atoms with Crippen LogP contribution in [-0.4, -0.2) is 24.0 Å². The van der Waals surface area contributed by atoms with E-state index < -0.39 is 5.91 Å². The van der Waals surface area contributed by atoms with Crippen molar-refractivity contribution in [3.63, 3.8) is 0 Å². The summed E-state index contributed by atoms with van der Waals surface area (Å²) >= 11 is 0. The molecule has 1 aliphatic carbocycles. The van der Waals surface area contributed by atoms with E-state index in [4.69, 9.17) is 16.2 Å². The van der Waals surface area contributed by atoms with Gasteiger partial charge in [-0.3, -0.25) is 4.79 Å². The van der Waals surface area contributed by atoms with E-state index in [1.54, 1.807) is 0 Å². The first-order chi connectivity index (χ1) is 8.22. The first kappa shape index (κ1) is 11.9. The largest absolute Gasteiger partial charge is 0.476 e. The van der Waals surface area contributed by atoms with Crippen LogP contribution in [0.1, 0.15) is 34.5 Å². The lowest BCUT2D eigenvalue weighted by Gasteiger charge is -2.17. The predicted molar refractivity (Wildman–Crippen MR) is 63.9 cm³/mol. The molecule has 17 heavy (non-hydrogen) atoms. The molecule has 5 heteroatoms. The second-order valence-electron chi connectivity index (χ2n) is 4.16. The molecule has 2 rings (SSSR count). The summed E-state index contributed by atoms with van der Waals surface area (Å²) in [6.07, 6.45) is 4.16. The molecule has 1 aromatic heterocycles. The van der Waals surface area contributed by atoms with Crippen molar-refractivity contribution < 1.29 is 9.53 Å². The lowest BCUT2D eigenvalue weighted by Crippen LogP contribution is -2.19. The van der Waals surface area contributed by atoms with Crippen molar-refractivity contribution in [3.8, 4) is 5.88 Å². The van der Waals surface area contributed by atoms with Crippen molar-refractivity contribution in [2.75, 3.05) is 13.2 Å². The predicted octanol–water partition coefficient (Wildman–Crippen LogP) is 0.397. The Morgan fingerprint density at radius 1 is 1.41 bits per heavy atom. The number of ether oxygens (including phenoxy) is 1. The highest BCUT2D eigenvalue weighted by molar-refractivity contribution is 5.95. The van der Waals surface area contributed by atoms with Crippen molar-refractivity contribution >= 4 is 5.91 Å². The highest BCUT2D eigenvalue weighted by atomic mass is 16.5. The van der Waals surface area contributed by atoms with Gasteiger partial charge in [-0.05, 0) is 37.3 Å². The summed E-state index contributed by atoms with van der Waals surface area (Å²) < 4.78 is 5.38. The van der Waals surface area contributed by atoms with Crippen LogP contribution in [0.25, 0.3) is 0 Å². The number of carbonyl (C=O) groups excluding carboxylic acids is 1. The third kappa shape index (κ3) is 2.55. The molecule has 0 spiro atoms. The SMILES string of the molecule is NCCOc1nc2c(cc1C(N)=O)CCCC2. The molecular formula is C12H17N3O2. The fourth-order valence-electron chi connectivity index (χ4n) is 2.06. The average molecular weight is 235 g/mol. The standard InChI is InChI=1S/C12H17N3O2/c13-5-6-17-12-9(11(14)16)7-8-3-1-2-4-10(8)15-12/h7H,1-6,13H2,(H2,14,16). The van der Waals surface area contributed by atoms with Crippen molar-refractivity contribution in [2.45, 2.75) is 25.7 Å². The van der Waals surface area contributed by atoms with Gasteiger partial charge in [0.15, 0.2) is 0 Å². The van der Waals surface area contributed by atoms with Crippen LogP contribution in [0.4, 0.5) is 0 Å². The van der Waals surface area contributed by atoms with E-state index in [9.17, 15) is 4.79 Å². The smallest absolute Gasteiger partial charge is 0.254 e. The zero-order chi connectivity index (χ0) is 12.3. The van der Waals surface area contributed by atoms with E-state index in [-0.39, 0.29) is 0 Å². The molecule has 1 aliphatic rings. The minimum absolute atomic E-state index is 0.323. The fourth-order valence-corrected chi connectivity index (χ4v) is 2.06. The van der Waals surface area contributed by atoms with Crippen LogP contribution in [-0.2, 0) is 12.8 Å². The van der Waals surface area contributed by atoms with Gasteiger partial charge >= 0.3 is 0 Å². The molecule has 0 saturated heterocycles. The Kier molecular flexibility index (Phi) is 3.58. The van der Waals surface area contributed by atoms with Gasteiger partial charge in [-0.1, -0.05) is 0 Å². The molecule has 0 aliphatic heterocycles. The van der Waals surface area contributed by atoms with Gasteiger partial charge < -0.3 is 16.2 Å². The van der Waals surface area contributed by atoms with Crippen LogP contribution < -0.4 is 16.2 Å². The highest BCUT2D eigenvalue weighted by Crippen LogP contribution is 2.25. The van der Waals surface area contributed by atoms with Gasteiger partial charge in [-0.2, -0.15) is 0 Å². The molecule has 0 unspecified atom stereocenters. The molecule has 1 aromatic rings. The molecule has 1 amide bonds. The van der Waals surface area contributed by atoms with Crippen LogP contribution in [0.3, 0.4) is 0 Å². The number of carbonyl (C=O) groups is 1. The van der Waals surface area contributed by atoms with Crippen LogP contribution >= 0.6 is 0 Å². The van der Waals surface area contributed by atoms with E-state index in [0.29, 0.717) is 24.6 Å². The summed E-state index contributed by atoms with van der Waals surface area (Å²) in [7, 11) is 0. The molecule has 0 bridgehead atoms. The molecule has 0 atom stereocenters. The molecule has 0 fully saturated rings. The lowest BCUT2D eigenvalue weighted by molar-refractivity contribution is 0.0995.